The van der Waals surface area contributed by atoms with Crippen LogP contribution in [-0.2, 0) is 6.42 Å². The highest BCUT2D eigenvalue weighted by Crippen LogP contribution is 2.26. The zero-order valence-corrected chi connectivity index (χ0v) is 15.2. The number of anilines is 2. The van der Waals surface area contributed by atoms with Gasteiger partial charge in [0.2, 0.25) is 0 Å². The molecule has 1 heterocycles. The lowest BCUT2D eigenvalue weighted by Crippen LogP contribution is -2.34. The molecule has 0 aliphatic rings. The van der Waals surface area contributed by atoms with Gasteiger partial charge in [0.15, 0.2) is 0 Å². The van der Waals surface area contributed by atoms with Crippen molar-refractivity contribution in [1.82, 2.24) is 9.97 Å². The van der Waals surface area contributed by atoms with E-state index in [1.54, 1.807) is 0 Å². The van der Waals surface area contributed by atoms with Crippen molar-refractivity contribution in [2.24, 2.45) is 0 Å². The average Bonchev–Trinajstić information content (AvgIpc) is 2.47. The second-order valence-electron chi connectivity index (χ2n) is 5.35. The standard InChI is InChI=1S/C16H30N4S/c1-7-10-14-18-15(17-9-3)12(4)16(19-14)20(5)13(8-2)11-21-6/h13H,7-11H2,1-6H3,(H,17,18,19). The summed E-state index contributed by atoms with van der Waals surface area (Å²) >= 11 is 1.89. The predicted molar refractivity (Wildman–Crippen MR) is 95.8 cm³/mol. The van der Waals surface area contributed by atoms with Crippen molar-refractivity contribution in [3.05, 3.63) is 11.4 Å². The second kappa shape index (κ2) is 9.13. The van der Waals surface area contributed by atoms with Gasteiger partial charge in [-0.2, -0.15) is 11.8 Å². The largest absolute Gasteiger partial charge is 0.370 e. The maximum Gasteiger partial charge on any atom is 0.137 e. The Labute approximate surface area is 134 Å². The Hall–Kier alpha value is -0.970. The van der Waals surface area contributed by atoms with Gasteiger partial charge >= 0.3 is 0 Å². The van der Waals surface area contributed by atoms with E-state index in [2.05, 4.69) is 56.2 Å². The minimum atomic E-state index is 0.512. The normalized spacial score (nSPS) is 12.3. The molecule has 1 aromatic heterocycles. The van der Waals surface area contributed by atoms with Crippen molar-refractivity contribution in [3.8, 4) is 0 Å². The number of rotatable bonds is 9. The maximum atomic E-state index is 4.82. The molecule has 1 atom stereocenters. The number of aryl methyl sites for hydroxylation is 1. The second-order valence-corrected chi connectivity index (χ2v) is 6.26. The Bertz CT molecular complexity index is 437. The highest BCUT2D eigenvalue weighted by atomic mass is 32.2. The molecule has 0 amide bonds. The summed E-state index contributed by atoms with van der Waals surface area (Å²) < 4.78 is 0. The summed E-state index contributed by atoms with van der Waals surface area (Å²) in [6, 6.07) is 0.512. The summed E-state index contributed by atoms with van der Waals surface area (Å²) in [6.45, 7) is 9.51. The zero-order valence-electron chi connectivity index (χ0n) is 14.4. The van der Waals surface area contributed by atoms with Gasteiger partial charge in [0.25, 0.3) is 0 Å². The maximum absolute atomic E-state index is 4.82. The van der Waals surface area contributed by atoms with Crippen LogP contribution in [0.2, 0.25) is 0 Å². The molecule has 0 radical (unpaired) electrons. The molecular formula is C16H30N4S. The molecule has 0 aromatic carbocycles. The van der Waals surface area contributed by atoms with Crippen LogP contribution in [0.25, 0.3) is 0 Å². The van der Waals surface area contributed by atoms with E-state index < -0.39 is 0 Å². The third-order valence-electron chi connectivity index (χ3n) is 3.70. The van der Waals surface area contributed by atoms with Gasteiger partial charge in [-0.25, -0.2) is 9.97 Å². The molecule has 21 heavy (non-hydrogen) atoms. The molecule has 0 saturated carbocycles. The smallest absolute Gasteiger partial charge is 0.137 e. The molecule has 0 saturated heterocycles. The van der Waals surface area contributed by atoms with Crippen LogP contribution >= 0.6 is 11.8 Å². The van der Waals surface area contributed by atoms with Crippen LogP contribution in [0.15, 0.2) is 0 Å². The van der Waals surface area contributed by atoms with Crippen molar-refractivity contribution < 1.29 is 0 Å². The lowest BCUT2D eigenvalue weighted by Gasteiger charge is -2.30. The van der Waals surface area contributed by atoms with Crippen LogP contribution in [0.4, 0.5) is 11.6 Å². The highest BCUT2D eigenvalue weighted by Gasteiger charge is 2.19. The van der Waals surface area contributed by atoms with Crippen molar-refractivity contribution >= 4 is 23.4 Å². The molecule has 1 N–H and O–H groups in total. The first kappa shape index (κ1) is 18.1. The first-order valence-electron chi connectivity index (χ1n) is 7.92. The van der Waals surface area contributed by atoms with Gasteiger partial charge < -0.3 is 10.2 Å². The molecule has 1 aromatic rings. The molecule has 5 heteroatoms. The highest BCUT2D eigenvalue weighted by molar-refractivity contribution is 7.98. The van der Waals surface area contributed by atoms with Gasteiger partial charge in [-0.1, -0.05) is 13.8 Å². The Morgan fingerprint density at radius 3 is 2.48 bits per heavy atom. The van der Waals surface area contributed by atoms with Crippen LogP contribution in [0.3, 0.4) is 0 Å². The number of thioether (sulfide) groups is 1. The molecular weight excluding hydrogens is 280 g/mol. The fourth-order valence-corrected chi connectivity index (χ4v) is 3.28. The third-order valence-corrected chi connectivity index (χ3v) is 4.41. The minimum Gasteiger partial charge on any atom is -0.370 e. The summed E-state index contributed by atoms with van der Waals surface area (Å²) in [7, 11) is 2.16. The first-order chi connectivity index (χ1) is 10.1. The predicted octanol–water partition coefficient (Wildman–Crippen LogP) is 3.75. The first-order valence-corrected chi connectivity index (χ1v) is 9.31. The summed E-state index contributed by atoms with van der Waals surface area (Å²) in [6.07, 6.45) is 5.29. The zero-order chi connectivity index (χ0) is 15.8. The quantitative estimate of drug-likeness (QED) is 0.752. The summed E-state index contributed by atoms with van der Waals surface area (Å²) in [5, 5.41) is 3.38. The molecule has 0 spiro atoms. The molecule has 0 bridgehead atoms. The molecule has 0 aliphatic heterocycles. The van der Waals surface area contributed by atoms with E-state index in [0.29, 0.717) is 6.04 Å². The van der Waals surface area contributed by atoms with E-state index in [-0.39, 0.29) is 0 Å². The summed E-state index contributed by atoms with van der Waals surface area (Å²) in [5.74, 6) is 4.12. The molecule has 120 valence electrons. The van der Waals surface area contributed by atoms with Gasteiger partial charge in [-0.15, -0.1) is 0 Å². The van der Waals surface area contributed by atoms with Crippen molar-refractivity contribution in [2.75, 3.05) is 35.8 Å². The monoisotopic (exact) mass is 310 g/mol. The fraction of sp³-hybridized carbons (Fsp3) is 0.750. The van der Waals surface area contributed by atoms with E-state index >= 15 is 0 Å². The third kappa shape index (κ3) is 4.77. The number of aromatic nitrogens is 2. The van der Waals surface area contributed by atoms with E-state index in [9.17, 15) is 0 Å². The van der Waals surface area contributed by atoms with E-state index in [1.165, 1.54) is 0 Å². The van der Waals surface area contributed by atoms with Crippen LogP contribution in [0, 0.1) is 6.92 Å². The van der Waals surface area contributed by atoms with Crippen molar-refractivity contribution in [3.63, 3.8) is 0 Å². The summed E-state index contributed by atoms with van der Waals surface area (Å²) in [4.78, 5) is 11.8. The van der Waals surface area contributed by atoms with Gasteiger partial charge in [0.05, 0.1) is 0 Å². The number of hydrogen-bond acceptors (Lipinski definition) is 5. The Kier molecular flexibility index (Phi) is 7.86. The minimum absolute atomic E-state index is 0.512. The van der Waals surface area contributed by atoms with Crippen LogP contribution < -0.4 is 10.2 Å². The van der Waals surface area contributed by atoms with Gasteiger partial charge in [0, 0.05) is 37.4 Å². The average molecular weight is 311 g/mol. The number of nitrogens with zero attached hydrogens (tertiary/aromatic N) is 3. The molecule has 1 unspecified atom stereocenters. The van der Waals surface area contributed by atoms with Crippen LogP contribution in [0.5, 0.6) is 0 Å². The topological polar surface area (TPSA) is 41.1 Å². The Morgan fingerprint density at radius 1 is 1.24 bits per heavy atom. The molecule has 4 nitrogen and oxygen atoms in total. The lowest BCUT2D eigenvalue weighted by molar-refractivity contribution is 0.659. The van der Waals surface area contributed by atoms with Crippen molar-refractivity contribution in [2.45, 2.75) is 53.0 Å². The van der Waals surface area contributed by atoms with Gasteiger partial charge in [0.1, 0.15) is 17.5 Å². The Morgan fingerprint density at radius 2 is 1.95 bits per heavy atom. The number of nitrogens with one attached hydrogen (secondary N) is 1. The SMILES string of the molecule is CCCc1nc(NCC)c(C)c(N(C)C(CC)CSC)n1. The van der Waals surface area contributed by atoms with Crippen LogP contribution in [0.1, 0.15) is 45.0 Å². The van der Waals surface area contributed by atoms with E-state index in [0.717, 1.165) is 54.6 Å². The lowest BCUT2D eigenvalue weighted by atomic mass is 10.2. The molecule has 0 fully saturated rings. The van der Waals surface area contributed by atoms with Crippen molar-refractivity contribution in [1.29, 1.82) is 0 Å². The van der Waals surface area contributed by atoms with E-state index in [1.807, 2.05) is 11.8 Å². The Balaban J connectivity index is 3.18. The van der Waals surface area contributed by atoms with Gasteiger partial charge in [-0.3, -0.25) is 0 Å². The van der Waals surface area contributed by atoms with Gasteiger partial charge in [-0.05, 0) is 32.9 Å². The van der Waals surface area contributed by atoms with Crippen LogP contribution in [-0.4, -0.2) is 41.6 Å². The number of hydrogen-bond donors (Lipinski definition) is 1. The molecule has 0 aliphatic carbocycles. The summed E-state index contributed by atoms with van der Waals surface area (Å²) in [5.41, 5.74) is 1.15. The van der Waals surface area contributed by atoms with E-state index in [4.69, 9.17) is 4.98 Å². The molecule has 1 rings (SSSR count). The fourth-order valence-electron chi connectivity index (χ4n) is 2.44.